The van der Waals surface area contributed by atoms with Crippen LogP contribution in [0.15, 0.2) is 65.0 Å². The molecule has 0 bridgehead atoms. The number of nitrogens with one attached hydrogen (secondary N) is 1. The van der Waals surface area contributed by atoms with Gasteiger partial charge in [0.1, 0.15) is 0 Å². The van der Waals surface area contributed by atoms with Gasteiger partial charge in [-0.25, -0.2) is 4.79 Å². The van der Waals surface area contributed by atoms with Crippen molar-refractivity contribution in [2.45, 2.75) is 44.9 Å². The van der Waals surface area contributed by atoms with E-state index < -0.39 is 16.8 Å². The number of hydrogen-bond donors (Lipinski definition) is 1. The zero-order chi connectivity index (χ0) is 26.7. The lowest BCUT2D eigenvalue weighted by atomic mass is 9.71. The fraction of sp³-hybridized carbons (Fsp3) is 0.357. The van der Waals surface area contributed by atoms with Gasteiger partial charge in [0.05, 0.1) is 31.3 Å². The number of hydrogen-bond acceptors (Lipinski definition) is 8. The van der Waals surface area contributed by atoms with Gasteiger partial charge in [-0.3, -0.25) is 14.9 Å². The van der Waals surface area contributed by atoms with Crippen molar-refractivity contribution in [3.05, 3.63) is 86.2 Å². The number of methoxy groups -OCH3 is 2. The van der Waals surface area contributed by atoms with Gasteiger partial charge in [0.15, 0.2) is 17.3 Å². The highest BCUT2D eigenvalue weighted by Gasteiger charge is 2.41. The smallest absolute Gasteiger partial charge is 0.336 e. The summed E-state index contributed by atoms with van der Waals surface area (Å²) in [5, 5.41) is 14.5. The highest BCUT2D eigenvalue weighted by Crippen LogP contribution is 2.46. The standard InChI is InChI=1S/C28H30N2O7/c1-5-12-37-28(32)25-16(2)29-21-13-19(18-8-11-23(35-3)24(15-18)36-4)14-22(31)27(21)26(25)17-6-9-20(10-7-17)30(33)34/h6-11,15,19,26,29H,5,12-14H2,1-4H3/t19-,26-/m0/s1. The minimum absolute atomic E-state index is 0.0637. The number of rotatable bonds is 8. The summed E-state index contributed by atoms with van der Waals surface area (Å²) in [5.74, 6) is -0.180. The molecule has 2 aromatic carbocycles. The summed E-state index contributed by atoms with van der Waals surface area (Å²) < 4.78 is 16.3. The maximum atomic E-state index is 13.7. The molecule has 1 N–H and O–H groups in total. The minimum Gasteiger partial charge on any atom is -0.493 e. The third kappa shape index (κ3) is 5.07. The van der Waals surface area contributed by atoms with E-state index in [0.717, 1.165) is 11.3 Å². The summed E-state index contributed by atoms with van der Waals surface area (Å²) in [5.41, 5.74) is 3.69. The van der Waals surface area contributed by atoms with Gasteiger partial charge in [-0.1, -0.05) is 25.1 Å². The van der Waals surface area contributed by atoms with Gasteiger partial charge in [0, 0.05) is 41.4 Å². The van der Waals surface area contributed by atoms with Crippen LogP contribution in [0.25, 0.3) is 0 Å². The van der Waals surface area contributed by atoms with Crippen molar-refractivity contribution in [1.82, 2.24) is 5.32 Å². The lowest BCUT2D eigenvalue weighted by Gasteiger charge is -2.36. The zero-order valence-electron chi connectivity index (χ0n) is 21.3. The van der Waals surface area contributed by atoms with Gasteiger partial charge in [0.2, 0.25) is 0 Å². The van der Waals surface area contributed by atoms with E-state index in [2.05, 4.69) is 5.32 Å². The molecule has 0 saturated heterocycles. The molecule has 9 heteroatoms. The van der Waals surface area contributed by atoms with E-state index in [-0.39, 0.29) is 30.4 Å². The molecule has 0 radical (unpaired) electrons. The molecule has 1 heterocycles. The molecule has 37 heavy (non-hydrogen) atoms. The Morgan fingerprint density at radius 3 is 2.35 bits per heavy atom. The second-order valence-electron chi connectivity index (χ2n) is 9.12. The van der Waals surface area contributed by atoms with Crippen LogP contribution >= 0.6 is 0 Å². The summed E-state index contributed by atoms with van der Waals surface area (Å²) in [4.78, 5) is 37.6. The molecule has 0 aromatic heterocycles. The van der Waals surface area contributed by atoms with Gasteiger partial charge in [-0.15, -0.1) is 0 Å². The average molecular weight is 507 g/mol. The molecular weight excluding hydrogens is 476 g/mol. The van der Waals surface area contributed by atoms with E-state index in [9.17, 15) is 19.7 Å². The average Bonchev–Trinajstić information content (AvgIpc) is 2.90. The van der Waals surface area contributed by atoms with Crippen LogP contribution in [0.3, 0.4) is 0 Å². The highest BCUT2D eigenvalue weighted by atomic mass is 16.6. The molecule has 2 aromatic rings. The summed E-state index contributed by atoms with van der Waals surface area (Å²) in [6.07, 6.45) is 1.46. The first-order valence-electron chi connectivity index (χ1n) is 12.2. The third-order valence-corrected chi connectivity index (χ3v) is 6.80. The normalized spacial score (nSPS) is 19.2. The first-order valence-corrected chi connectivity index (χ1v) is 12.2. The highest BCUT2D eigenvalue weighted by molar-refractivity contribution is 6.04. The predicted molar refractivity (Wildman–Crippen MR) is 136 cm³/mol. The fourth-order valence-electron chi connectivity index (χ4n) is 5.05. The van der Waals surface area contributed by atoms with Gasteiger partial charge < -0.3 is 19.5 Å². The molecule has 0 amide bonds. The van der Waals surface area contributed by atoms with Gasteiger partial charge in [0.25, 0.3) is 5.69 Å². The molecule has 0 spiro atoms. The number of non-ortho nitro benzene ring substituents is 1. The quantitative estimate of drug-likeness (QED) is 0.304. The Balaban J connectivity index is 1.76. The van der Waals surface area contributed by atoms with Crippen LogP contribution in [-0.4, -0.2) is 37.5 Å². The van der Waals surface area contributed by atoms with E-state index in [1.54, 1.807) is 33.3 Å². The van der Waals surface area contributed by atoms with Crippen molar-refractivity contribution in [3.8, 4) is 11.5 Å². The van der Waals surface area contributed by atoms with E-state index in [1.165, 1.54) is 12.1 Å². The van der Waals surface area contributed by atoms with Crippen molar-refractivity contribution in [3.63, 3.8) is 0 Å². The molecule has 1 aliphatic carbocycles. The number of nitro groups is 1. The van der Waals surface area contributed by atoms with E-state index in [0.29, 0.717) is 46.7 Å². The predicted octanol–water partition coefficient (Wildman–Crippen LogP) is 4.93. The van der Waals surface area contributed by atoms with Crippen LogP contribution in [0, 0.1) is 10.1 Å². The van der Waals surface area contributed by atoms with E-state index in [1.807, 2.05) is 25.1 Å². The van der Waals surface area contributed by atoms with Crippen LogP contribution in [0.4, 0.5) is 5.69 Å². The fourth-order valence-corrected chi connectivity index (χ4v) is 5.05. The Labute approximate surface area is 215 Å². The summed E-state index contributed by atoms with van der Waals surface area (Å²) >= 11 is 0. The number of Topliss-reactive ketones (excluding diaryl/α,β-unsaturated/α-hetero) is 1. The molecule has 2 atom stereocenters. The lowest BCUT2D eigenvalue weighted by molar-refractivity contribution is -0.384. The number of ether oxygens (including phenoxy) is 3. The summed E-state index contributed by atoms with van der Waals surface area (Å²) in [6, 6.07) is 11.6. The molecule has 9 nitrogen and oxygen atoms in total. The topological polar surface area (TPSA) is 117 Å². The molecule has 0 saturated carbocycles. The zero-order valence-corrected chi connectivity index (χ0v) is 21.3. The molecular formula is C28H30N2O7. The van der Waals surface area contributed by atoms with Crippen LogP contribution in [0.1, 0.15) is 56.1 Å². The van der Waals surface area contributed by atoms with Gasteiger partial charge >= 0.3 is 5.97 Å². The van der Waals surface area contributed by atoms with Crippen LogP contribution in [0.2, 0.25) is 0 Å². The molecule has 194 valence electrons. The van der Waals surface area contributed by atoms with E-state index >= 15 is 0 Å². The first-order chi connectivity index (χ1) is 17.8. The lowest BCUT2D eigenvalue weighted by Crippen LogP contribution is -2.36. The number of nitrogens with zero attached hydrogens (tertiary/aromatic N) is 1. The Kier molecular flexibility index (Phi) is 7.61. The maximum Gasteiger partial charge on any atom is 0.336 e. The number of carbonyl (C=O) groups is 2. The number of ketones is 1. The van der Waals surface area contributed by atoms with Crippen molar-refractivity contribution in [2.75, 3.05) is 20.8 Å². The van der Waals surface area contributed by atoms with Crippen LogP contribution in [-0.2, 0) is 14.3 Å². The SMILES string of the molecule is CCCOC(=O)C1=C(C)NC2=C(C(=O)C[C@@H](c3ccc(OC)c(OC)c3)C2)[C@H]1c1ccc([N+](=O)[O-])cc1. The van der Waals surface area contributed by atoms with Crippen molar-refractivity contribution in [2.24, 2.45) is 0 Å². The second kappa shape index (κ2) is 10.9. The Hall–Kier alpha value is -4.14. The van der Waals surface area contributed by atoms with E-state index in [4.69, 9.17) is 14.2 Å². The number of carbonyl (C=O) groups excluding carboxylic acids is 2. The van der Waals surface area contributed by atoms with Gasteiger partial charge in [-0.05, 0) is 48.9 Å². The largest absolute Gasteiger partial charge is 0.493 e. The number of dihydropyridines is 1. The van der Waals surface area contributed by atoms with Crippen LogP contribution in [0.5, 0.6) is 11.5 Å². The van der Waals surface area contributed by atoms with Crippen molar-refractivity contribution >= 4 is 17.4 Å². The Bertz CT molecular complexity index is 1290. The number of nitro benzene ring substituents is 1. The summed E-state index contributed by atoms with van der Waals surface area (Å²) in [7, 11) is 3.14. The molecule has 1 aliphatic heterocycles. The maximum absolute atomic E-state index is 13.7. The second-order valence-corrected chi connectivity index (χ2v) is 9.12. The Morgan fingerprint density at radius 1 is 1.05 bits per heavy atom. The monoisotopic (exact) mass is 506 g/mol. The van der Waals surface area contributed by atoms with Crippen molar-refractivity contribution in [1.29, 1.82) is 0 Å². The minimum atomic E-state index is -0.680. The summed E-state index contributed by atoms with van der Waals surface area (Å²) in [6.45, 7) is 3.94. The van der Waals surface area contributed by atoms with Gasteiger partial charge in [-0.2, -0.15) is 0 Å². The molecule has 4 rings (SSSR count). The Morgan fingerprint density at radius 2 is 1.73 bits per heavy atom. The van der Waals surface area contributed by atoms with Crippen LogP contribution < -0.4 is 14.8 Å². The number of benzene rings is 2. The van der Waals surface area contributed by atoms with Crippen molar-refractivity contribution < 1.29 is 28.7 Å². The molecule has 2 aliphatic rings. The molecule has 0 unspecified atom stereocenters. The number of allylic oxidation sites excluding steroid dienone is 3. The molecule has 0 fully saturated rings. The third-order valence-electron chi connectivity index (χ3n) is 6.80. The number of esters is 1. The first kappa shape index (κ1) is 25.9.